The second kappa shape index (κ2) is 5.09. The van der Waals surface area contributed by atoms with Crippen LogP contribution in [0.1, 0.15) is 17.3 Å². The van der Waals surface area contributed by atoms with E-state index in [0.717, 1.165) is 26.2 Å². The van der Waals surface area contributed by atoms with Crippen molar-refractivity contribution in [2.24, 2.45) is 0 Å². The van der Waals surface area contributed by atoms with Gasteiger partial charge in [0.25, 0.3) is 11.7 Å². The summed E-state index contributed by atoms with van der Waals surface area (Å²) in [6, 6.07) is 2.15. The molecule has 6 nitrogen and oxygen atoms in total. The zero-order valence-electron chi connectivity index (χ0n) is 11.1. The van der Waals surface area contributed by atoms with E-state index in [2.05, 4.69) is 4.74 Å². The molecule has 0 fully saturated rings. The van der Waals surface area contributed by atoms with Gasteiger partial charge >= 0.3 is 5.97 Å². The van der Waals surface area contributed by atoms with Crippen molar-refractivity contribution in [2.75, 3.05) is 18.6 Å². The number of halogens is 2. The second-order valence-electron chi connectivity index (χ2n) is 4.74. The van der Waals surface area contributed by atoms with Gasteiger partial charge in [0.05, 0.1) is 29.9 Å². The second-order valence-corrected chi connectivity index (χ2v) is 5.15. The lowest BCUT2D eigenvalue weighted by Crippen LogP contribution is -2.49. The number of Topliss-reactive ketones (excluding diaryl/α,β-unsaturated/α-hetero) is 1. The van der Waals surface area contributed by atoms with E-state index in [1.54, 1.807) is 0 Å². The lowest BCUT2D eigenvalue weighted by Gasteiger charge is -2.26. The standard InChI is InChI=1S/C13H11ClFNO5/c1-13(20,12(19)21-2)5-16-9-7(15)4-3-6(14)8(9)10(17)11(16)18/h3-4,20H,5H2,1-2H3. The van der Waals surface area contributed by atoms with Gasteiger partial charge in [-0.05, 0) is 19.1 Å². The molecule has 8 heteroatoms. The predicted octanol–water partition coefficient (Wildman–Crippen LogP) is 0.932. The number of benzene rings is 1. The highest BCUT2D eigenvalue weighted by Gasteiger charge is 2.45. The minimum Gasteiger partial charge on any atom is -0.467 e. The van der Waals surface area contributed by atoms with Gasteiger partial charge in [-0.3, -0.25) is 14.5 Å². The monoisotopic (exact) mass is 315 g/mol. The molecule has 2 rings (SSSR count). The van der Waals surface area contributed by atoms with E-state index >= 15 is 0 Å². The molecule has 0 aromatic heterocycles. The van der Waals surface area contributed by atoms with Gasteiger partial charge < -0.3 is 9.84 Å². The summed E-state index contributed by atoms with van der Waals surface area (Å²) in [5, 5.41) is 9.92. The quantitative estimate of drug-likeness (QED) is 0.662. The normalized spacial score (nSPS) is 16.7. The number of methoxy groups -OCH3 is 1. The highest BCUT2D eigenvalue weighted by atomic mass is 35.5. The SMILES string of the molecule is COC(=O)C(C)(O)CN1C(=O)C(=O)c2c(Cl)ccc(F)c21. The van der Waals surface area contributed by atoms with Gasteiger partial charge in [0.15, 0.2) is 5.60 Å². The summed E-state index contributed by atoms with van der Waals surface area (Å²) in [7, 11) is 1.05. The summed E-state index contributed by atoms with van der Waals surface area (Å²) in [6.07, 6.45) is 0. The third kappa shape index (κ3) is 2.38. The van der Waals surface area contributed by atoms with Crippen molar-refractivity contribution >= 4 is 34.9 Å². The Balaban J connectivity index is 2.50. The minimum absolute atomic E-state index is 0.0787. The Hall–Kier alpha value is -1.99. The summed E-state index contributed by atoms with van der Waals surface area (Å²) < 4.78 is 18.3. The average Bonchev–Trinajstić information content (AvgIpc) is 2.67. The largest absolute Gasteiger partial charge is 0.467 e. The first-order valence-corrected chi connectivity index (χ1v) is 6.23. The first-order valence-electron chi connectivity index (χ1n) is 5.85. The average molecular weight is 316 g/mol. The fraction of sp³-hybridized carbons (Fsp3) is 0.308. The number of carbonyl (C=O) groups excluding carboxylic acids is 3. The number of anilines is 1. The Morgan fingerprint density at radius 2 is 2.10 bits per heavy atom. The van der Waals surface area contributed by atoms with Gasteiger partial charge in [0, 0.05) is 0 Å². The number of ketones is 1. The van der Waals surface area contributed by atoms with Crippen LogP contribution in [0.3, 0.4) is 0 Å². The van der Waals surface area contributed by atoms with Gasteiger partial charge in [-0.1, -0.05) is 11.6 Å². The number of amides is 1. The number of β-amino-alcohol motifs (C(OH)–C–C–N with tert-alkyl or cyclic N) is 1. The molecule has 1 aliphatic rings. The van der Waals surface area contributed by atoms with Gasteiger partial charge in [-0.2, -0.15) is 0 Å². The molecule has 21 heavy (non-hydrogen) atoms. The summed E-state index contributed by atoms with van der Waals surface area (Å²) in [5.41, 5.74) is -2.72. The molecule has 0 spiro atoms. The van der Waals surface area contributed by atoms with Crippen LogP contribution in [0.2, 0.25) is 5.02 Å². The molecular formula is C13H11ClFNO5. The van der Waals surface area contributed by atoms with Crippen LogP contribution in [0.4, 0.5) is 10.1 Å². The Labute approximate surface area is 124 Å². The smallest absolute Gasteiger partial charge is 0.339 e. The fourth-order valence-electron chi connectivity index (χ4n) is 2.10. The van der Waals surface area contributed by atoms with E-state index in [1.165, 1.54) is 0 Å². The molecule has 0 radical (unpaired) electrons. The van der Waals surface area contributed by atoms with Crippen LogP contribution < -0.4 is 4.90 Å². The Bertz CT molecular complexity index is 658. The van der Waals surface area contributed by atoms with Crippen molar-refractivity contribution in [1.29, 1.82) is 0 Å². The van der Waals surface area contributed by atoms with Crippen LogP contribution >= 0.6 is 11.6 Å². The van der Waals surface area contributed by atoms with Gasteiger partial charge in [0.1, 0.15) is 5.82 Å². The summed E-state index contributed by atoms with van der Waals surface area (Å²) in [6.45, 7) is 0.464. The lowest BCUT2D eigenvalue weighted by atomic mass is 10.1. The molecule has 1 aromatic carbocycles. The maximum absolute atomic E-state index is 13.9. The maximum Gasteiger partial charge on any atom is 0.339 e. The highest BCUT2D eigenvalue weighted by Crippen LogP contribution is 2.37. The zero-order chi connectivity index (χ0) is 15.9. The van der Waals surface area contributed by atoms with E-state index in [4.69, 9.17) is 11.6 Å². The van der Waals surface area contributed by atoms with E-state index in [-0.39, 0.29) is 16.3 Å². The summed E-state index contributed by atoms with van der Waals surface area (Å²) in [4.78, 5) is 36.0. The van der Waals surface area contributed by atoms with E-state index in [1.807, 2.05) is 0 Å². The molecule has 1 heterocycles. The third-order valence-electron chi connectivity index (χ3n) is 3.11. The first-order chi connectivity index (χ1) is 9.70. The molecule has 112 valence electrons. The number of fused-ring (bicyclic) bond motifs is 1. The van der Waals surface area contributed by atoms with Crippen molar-refractivity contribution in [3.8, 4) is 0 Å². The van der Waals surface area contributed by atoms with Crippen LogP contribution in [0.5, 0.6) is 0 Å². The van der Waals surface area contributed by atoms with Crippen molar-refractivity contribution < 1.29 is 28.6 Å². The molecule has 0 saturated heterocycles. The summed E-state index contributed by atoms with van der Waals surface area (Å²) >= 11 is 5.81. The summed E-state index contributed by atoms with van der Waals surface area (Å²) in [5.74, 6) is -3.93. The van der Waals surface area contributed by atoms with Crippen molar-refractivity contribution in [1.82, 2.24) is 0 Å². The number of nitrogens with zero attached hydrogens (tertiary/aromatic N) is 1. The molecule has 1 N–H and O–H groups in total. The number of esters is 1. The number of ether oxygens (including phenoxy) is 1. The fourth-order valence-corrected chi connectivity index (χ4v) is 2.33. The number of hydrogen-bond donors (Lipinski definition) is 1. The van der Waals surface area contributed by atoms with Crippen LogP contribution in [-0.2, 0) is 14.3 Å². The predicted molar refractivity (Wildman–Crippen MR) is 70.7 cm³/mol. The van der Waals surface area contributed by atoms with E-state index < -0.39 is 35.6 Å². The van der Waals surface area contributed by atoms with Crippen molar-refractivity contribution in [3.63, 3.8) is 0 Å². The molecule has 1 aliphatic heterocycles. The molecule has 1 atom stereocenters. The van der Waals surface area contributed by atoms with Crippen LogP contribution in [-0.4, -0.2) is 42.0 Å². The molecule has 1 amide bonds. The van der Waals surface area contributed by atoms with E-state index in [0.29, 0.717) is 4.90 Å². The molecule has 0 bridgehead atoms. The van der Waals surface area contributed by atoms with Gasteiger partial charge in [0.2, 0.25) is 0 Å². The third-order valence-corrected chi connectivity index (χ3v) is 3.42. The molecular weight excluding hydrogens is 305 g/mol. The molecule has 0 aliphatic carbocycles. The molecule has 1 aromatic rings. The topological polar surface area (TPSA) is 83.9 Å². The maximum atomic E-state index is 13.9. The van der Waals surface area contributed by atoms with Crippen molar-refractivity contribution in [2.45, 2.75) is 12.5 Å². The Kier molecular flexibility index (Phi) is 3.73. The first kappa shape index (κ1) is 15.4. The van der Waals surface area contributed by atoms with Crippen LogP contribution in [0.15, 0.2) is 12.1 Å². The van der Waals surface area contributed by atoms with E-state index in [9.17, 15) is 23.9 Å². The van der Waals surface area contributed by atoms with Crippen molar-refractivity contribution in [3.05, 3.63) is 28.5 Å². The van der Waals surface area contributed by atoms with Crippen LogP contribution in [0, 0.1) is 5.82 Å². The Morgan fingerprint density at radius 1 is 1.48 bits per heavy atom. The minimum atomic E-state index is -2.10. The Morgan fingerprint density at radius 3 is 2.67 bits per heavy atom. The lowest BCUT2D eigenvalue weighted by molar-refractivity contribution is -0.159. The number of rotatable bonds is 3. The van der Waals surface area contributed by atoms with Gasteiger partial charge in [-0.15, -0.1) is 0 Å². The highest BCUT2D eigenvalue weighted by molar-refractivity contribution is 6.55. The van der Waals surface area contributed by atoms with Crippen LogP contribution in [0.25, 0.3) is 0 Å². The van der Waals surface area contributed by atoms with Gasteiger partial charge in [-0.25, -0.2) is 9.18 Å². The molecule has 0 saturated carbocycles. The number of carbonyl (C=O) groups is 3. The molecule has 1 unspecified atom stereocenters. The number of aliphatic hydroxyl groups is 1. The zero-order valence-corrected chi connectivity index (χ0v) is 11.9. The number of hydrogen-bond acceptors (Lipinski definition) is 5.